The molecule has 2 heterocycles. The smallest absolute Gasteiger partial charge is 0.327 e. The van der Waals surface area contributed by atoms with Crippen LogP contribution in [-0.2, 0) is 27.8 Å². The molecule has 7 nitrogen and oxygen atoms in total. The van der Waals surface area contributed by atoms with Gasteiger partial charge in [0.15, 0.2) is 16.2 Å². The van der Waals surface area contributed by atoms with Gasteiger partial charge in [0.05, 0.1) is 12.1 Å². The van der Waals surface area contributed by atoms with E-state index >= 15 is 0 Å². The highest BCUT2D eigenvalue weighted by molar-refractivity contribution is 8.01. The number of carbonyl (C=O) groups is 2. The Labute approximate surface area is 190 Å². The molecule has 1 aliphatic carbocycles. The van der Waals surface area contributed by atoms with Gasteiger partial charge in [-0.3, -0.25) is 9.59 Å². The Morgan fingerprint density at radius 1 is 1.32 bits per heavy atom. The van der Waals surface area contributed by atoms with Gasteiger partial charge in [-0.25, -0.2) is 0 Å². The first kappa shape index (κ1) is 22.1. The molecule has 2 aromatic rings. The van der Waals surface area contributed by atoms with Crippen LogP contribution in [0.15, 0.2) is 29.7 Å². The molecule has 1 saturated carbocycles. The molecule has 4 rings (SSSR count). The van der Waals surface area contributed by atoms with Crippen molar-refractivity contribution in [2.24, 2.45) is 13.0 Å². The van der Waals surface area contributed by atoms with Crippen LogP contribution in [0.25, 0.3) is 0 Å². The fourth-order valence-electron chi connectivity index (χ4n) is 4.65. The minimum atomic E-state index is -0.896. The van der Waals surface area contributed by atoms with E-state index in [1.54, 1.807) is 25.1 Å². The molecule has 2 fully saturated rings. The lowest BCUT2D eigenvalue weighted by atomic mass is 9.76. The standard InChI is InChI=1S/C22H26ClN3O4S/c1-26-13-24-25-21(26)31-19-17(27)12-22(30-20(19)28,15-5-3-4-6-15)10-9-14-7-8-18(29-2)16(23)11-14/h7-8,11,13,15,19H,3-6,9-10,12H2,1-2H3. The quantitative estimate of drug-likeness (QED) is 0.453. The summed E-state index contributed by atoms with van der Waals surface area (Å²) in [5.74, 6) is 0.265. The lowest BCUT2D eigenvalue weighted by Crippen LogP contribution is -2.53. The van der Waals surface area contributed by atoms with E-state index in [1.165, 1.54) is 0 Å². The van der Waals surface area contributed by atoms with Crippen LogP contribution in [0.4, 0.5) is 0 Å². The number of halogens is 1. The molecule has 0 amide bonds. The van der Waals surface area contributed by atoms with Gasteiger partial charge in [0.2, 0.25) is 0 Å². The molecular formula is C22H26ClN3O4S. The normalized spacial score (nSPS) is 24.4. The average Bonchev–Trinajstić information content (AvgIpc) is 3.42. The van der Waals surface area contributed by atoms with Gasteiger partial charge >= 0.3 is 5.97 Å². The summed E-state index contributed by atoms with van der Waals surface area (Å²) in [6, 6.07) is 5.68. The molecule has 1 aliphatic heterocycles. The molecule has 2 atom stereocenters. The van der Waals surface area contributed by atoms with Crippen molar-refractivity contribution in [3.63, 3.8) is 0 Å². The van der Waals surface area contributed by atoms with E-state index in [1.807, 2.05) is 18.2 Å². The van der Waals surface area contributed by atoms with Crippen molar-refractivity contribution < 1.29 is 19.1 Å². The molecule has 31 heavy (non-hydrogen) atoms. The number of aryl methyl sites for hydroxylation is 2. The molecular weight excluding hydrogens is 438 g/mol. The molecule has 9 heteroatoms. The molecule has 1 saturated heterocycles. The number of cyclic esters (lactones) is 1. The van der Waals surface area contributed by atoms with Crippen molar-refractivity contribution >= 4 is 35.1 Å². The maximum Gasteiger partial charge on any atom is 0.327 e. The van der Waals surface area contributed by atoms with Crippen LogP contribution in [0.5, 0.6) is 5.75 Å². The number of Topliss-reactive ketones (excluding diaryl/α,β-unsaturated/α-hetero) is 1. The lowest BCUT2D eigenvalue weighted by molar-refractivity contribution is -0.177. The lowest BCUT2D eigenvalue weighted by Gasteiger charge is -2.42. The van der Waals surface area contributed by atoms with E-state index in [9.17, 15) is 9.59 Å². The summed E-state index contributed by atoms with van der Waals surface area (Å²) < 4.78 is 13.0. The third kappa shape index (κ3) is 4.60. The zero-order valence-electron chi connectivity index (χ0n) is 17.7. The van der Waals surface area contributed by atoms with Crippen molar-refractivity contribution in [2.45, 2.75) is 61.0 Å². The SMILES string of the molecule is COc1ccc(CCC2(C3CCCC3)CC(=O)C(Sc3nncn3C)C(=O)O2)cc1Cl. The predicted octanol–water partition coefficient (Wildman–Crippen LogP) is 4.02. The highest BCUT2D eigenvalue weighted by Gasteiger charge is 2.52. The Kier molecular flexibility index (Phi) is 6.57. The third-order valence-corrected chi connectivity index (χ3v) is 7.90. The number of aromatic nitrogens is 3. The zero-order chi connectivity index (χ0) is 22.0. The third-order valence-electron chi connectivity index (χ3n) is 6.33. The van der Waals surface area contributed by atoms with Gasteiger partial charge in [0.25, 0.3) is 0 Å². The first-order valence-electron chi connectivity index (χ1n) is 10.5. The molecule has 2 aliphatic rings. The maximum absolute atomic E-state index is 13.1. The Hall–Kier alpha value is -2.06. The Morgan fingerprint density at radius 2 is 2.10 bits per heavy atom. The Bertz CT molecular complexity index is 955. The number of esters is 1. The van der Waals surface area contributed by atoms with Crippen molar-refractivity contribution in [2.75, 3.05) is 7.11 Å². The van der Waals surface area contributed by atoms with Gasteiger partial charge in [-0.2, -0.15) is 0 Å². The van der Waals surface area contributed by atoms with Gasteiger partial charge in [-0.1, -0.05) is 42.3 Å². The van der Waals surface area contributed by atoms with Crippen LogP contribution in [0.2, 0.25) is 5.02 Å². The van der Waals surface area contributed by atoms with E-state index in [4.69, 9.17) is 21.1 Å². The zero-order valence-corrected chi connectivity index (χ0v) is 19.2. The second kappa shape index (κ2) is 9.20. The van der Waals surface area contributed by atoms with Crippen LogP contribution in [0.3, 0.4) is 0 Å². The summed E-state index contributed by atoms with van der Waals surface area (Å²) in [7, 11) is 3.36. The molecule has 1 aromatic carbocycles. The van der Waals surface area contributed by atoms with Gasteiger partial charge in [-0.05, 0) is 49.3 Å². The summed E-state index contributed by atoms with van der Waals surface area (Å²) in [5.41, 5.74) is 0.274. The molecule has 0 N–H and O–H groups in total. The monoisotopic (exact) mass is 463 g/mol. The van der Waals surface area contributed by atoms with Crippen LogP contribution >= 0.6 is 23.4 Å². The van der Waals surface area contributed by atoms with Crippen molar-refractivity contribution in [1.29, 1.82) is 0 Å². The van der Waals surface area contributed by atoms with E-state index in [2.05, 4.69) is 10.2 Å². The summed E-state index contributed by atoms with van der Waals surface area (Å²) in [6.45, 7) is 0. The van der Waals surface area contributed by atoms with Crippen LogP contribution in [0.1, 0.15) is 44.1 Å². The van der Waals surface area contributed by atoms with E-state index in [-0.39, 0.29) is 18.1 Å². The number of ketones is 1. The molecule has 0 bridgehead atoms. The second-order valence-corrected chi connectivity index (χ2v) is 9.78. The number of benzene rings is 1. The number of hydrogen-bond acceptors (Lipinski definition) is 7. The topological polar surface area (TPSA) is 83.3 Å². The van der Waals surface area contributed by atoms with Crippen LogP contribution < -0.4 is 4.74 Å². The molecule has 2 unspecified atom stereocenters. The van der Waals surface area contributed by atoms with E-state index < -0.39 is 16.8 Å². The molecule has 0 spiro atoms. The summed E-state index contributed by atoms with van der Waals surface area (Å²) >= 11 is 7.39. The van der Waals surface area contributed by atoms with Crippen molar-refractivity contribution in [3.8, 4) is 5.75 Å². The minimum absolute atomic E-state index is 0.0936. The number of nitrogens with zero attached hydrogens (tertiary/aromatic N) is 3. The molecule has 166 valence electrons. The minimum Gasteiger partial charge on any atom is -0.495 e. The largest absolute Gasteiger partial charge is 0.495 e. The van der Waals surface area contributed by atoms with Gasteiger partial charge in [-0.15, -0.1) is 10.2 Å². The number of rotatable bonds is 7. The van der Waals surface area contributed by atoms with E-state index in [0.29, 0.717) is 28.8 Å². The Morgan fingerprint density at radius 3 is 2.71 bits per heavy atom. The number of thioether (sulfide) groups is 1. The molecule has 1 aromatic heterocycles. The molecule has 0 radical (unpaired) electrons. The first-order valence-corrected chi connectivity index (χ1v) is 11.8. The predicted molar refractivity (Wildman–Crippen MR) is 117 cm³/mol. The fourth-order valence-corrected chi connectivity index (χ4v) is 5.81. The summed E-state index contributed by atoms with van der Waals surface area (Å²) in [6.07, 6.45) is 7.21. The number of ether oxygens (including phenoxy) is 2. The van der Waals surface area contributed by atoms with Gasteiger partial charge in [0.1, 0.15) is 17.7 Å². The highest BCUT2D eigenvalue weighted by Crippen LogP contribution is 2.45. The summed E-state index contributed by atoms with van der Waals surface area (Å²) in [4.78, 5) is 26.2. The second-order valence-electron chi connectivity index (χ2n) is 8.30. The number of hydrogen-bond donors (Lipinski definition) is 0. The van der Waals surface area contributed by atoms with Gasteiger partial charge in [0, 0.05) is 13.5 Å². The van der Waals surface area contributed by atoms with Crippen LogP contribution in [0, 0.1) is 5.92 Å². The van der Waals surface area contributed by atoms with Gasteiger partial charge < -0.3 is 14.0 Å². The fraction of sp³-hybridized carbons (Fsp3) is 0.545. The van der Waals surface area contributed by atoms with Crippen molar-refractivity contribution in [1.82, 2.24) is 14.8 Å². The maximum atomic E-state index is 13.1. The van der Waals surface area contributed by atoms with Crippen LogP contribution in [-0.4, -0.2) is 44.5 Å². The van der Waals surface area contributed by atoms with Crippen molar-refractivity contribution in [3.05, 3.63) is 35.1 Å². The summed E-state index contributed by atoms with van der Waals surface area (Å²) in [5, 5.41) is 7.98. The van der Waals surface area contributed by atoms with E-state index in [0.717, 1.165) is 43.0 Å². The number of carbonyl (C=O) groups excluding carboxylic acids is 2. The Balaban J connectivity index is 1.53. The average molecular weight is 464 g/mol. The number of methoxy groups -OCH3 is 1. The highest BCUT2D eigenvalue weighted by atomic mass is 35.5. The first-order chi connectivity index (χ1) is 14.9.